The third-order valence-electron chi connectivity index (χ3n) is 10.4. The monoisotopic (exact) mass is 414 g/mol. The summed E-state index contributed by atoms with van der Waals surface area (Å²) in [6.07, 6.45) is 13.6. The van der Waals surface area contributed by atoms with Gasteiger partial charge in [-0.1, -0.05) is 39.7 Å². The summed E-state index contributed by atoms with van der Waals surface area (Å²) in [4.78, 5) is 25.6. The van der Waals surface area contributed by atoms with Crippen LogP contribution in [-0.4, -0.2) is 18.9 Å². The van der Waals surface area contributed by atoms with Crippen LogP contribution < -0.4 is 0 Å². The first kappa shape index (κ1) is 22.1. The quantitative estimate of drug-likeness (QED) is 0.397. The van der Waals surface area contributed by atoms with Gasteiger partial charge in [-0.3, -0.25) is 9.59 Å². The maximum Gasteiger partial charge on any atom is 0.305 e. The van der Waals surface area contributed by atoms with Crippen LogP contribution in [0.15, 0.2) is 11.6 Å². The lowest BCUT2D eigenvalue weighted by Crippen LogP contribution is -2.57. The molecule has 168 valence electrons. The van der Waals surface area contributed by atoms with Gasteiger partial charge in [0.1, 0.15) is 0 Å². The maximum atomic E-state index is 13.9. The van der Waals surface area contributed by atoms with E-state index >= 15 is 0 Å². The van der Waals surface area contributed by atoms with E-state index in [-0.39, 0.29) is 17.3 Å². The minimum Gasteiger partial charge on any atom is -0.469 e. The molecule has 4 aliphatic carbocycles. The highest BCUT2D eigenvalue weighted by atomic mass is 16.5. The summed E-state index contributed by atoms with van der Waals surface area (Å²) in [5.41, 5.74) is 1.72. The van der Waals surface area contributed by atoms with Gasteiger partial charge in [0, 0.05) is 12.3 Å². The van der Waals surface area contributed by atoms with E-state index in [0.717, 1.165) is 6.42 Å². The second-order valence-electron chi connectivity index (χ2n) is 11.5. The lowest BCUT2D eigenvalue weighted by molar-refractivity contribution is -0.146. The molecule has 0 amide bonds. The van der Waals surface area contributed by atoms with Crippen LogP contribution in [0.1, 0.15) is 91.9 Å². The number of rotatable bonds is 4. The van der Waals surface area contributed by atoms with Gasteiger partial charge in [-0.25, -0.2) is 0 Å². The van der Waals surface area contributed by atoms with Gasteiger partial charge in [-0.2, -0.15) is 0 Å². The molecule has 4 rings (SSSR count). The fraction of sp³-hybridized carbons (Fsp3) is 0.852. The van der Waals surface area contributed by atoms with Crippen molar-refractivity contribution in [2.75, 3.05) is 7.11 Å². The molecule has 0 aromatic carbocycles. The molecule has 0 aliphatic heterocycles. The minimum absolute atomic E-state index is 0.0956. The Balaban J connectivity index is 1.61. The Labute approximate surface area is 183 Å². The molecule has 0 spiro atoms. The van der Waals surface area contributed by atoms with Gasteiger partial charge in [-0.15, -0.1) is 0 Å². The fourth-order valence-electron chi connectivity index (χ4n) is 8.89. The molecule has 0 saturated heterocycles. The highest BCUT2D eigenvalue weighted by molar-refractivity contribution is 5.99. The van der Waals surface area contributed by atoms with Crippen molar-refractivity contribution >= 4 is 11.8 Å². The minimum atomic E-state index is -0.0956. The molecule has 0 aromatic rings. The molecule has 3 nitrogen and oxygen atoms in total. The van der Waals surface area contributed by atoms with E-state index in [1.807, 2.05) is 0 Å². The highest BCUT2D eigenvalue weighted by Crippen LogP contribution is 2.68. The average molecular weight is 415 g/mol. The number of fused-ring (bicyclic) bond motifs is 5. The Kier molecular flexibility index (Phi) is 5.96. The van der Waals surface area contributed by atoms with Crippen molar-refractivity contribution in [1.29, 1.82) is 0 Å². The topological polar surface area (TPSA) is 43.4 Å². The lowest BCUT2D eigenvalue weighted by Gasteiger charge is -2.60. The molecule has 0 bridgehead atoms. The summed E-state index contributed by atoms with van der Waals surface area (Å²) in [5.74, 6) is 3.34. The summed E-state index contributed by atoms with van der Waals surface area (Å²) < 4.78 is 4.88. The van der Waals surface area contributed by atoms with Crippen molar-refractivity contribution in [3.8, 4) is 0 Å². The summed E-state index contributed by atoms with van der Waals surface area (Å²) in [6.45, 7) is 9.43. The Bertz CT molecular complexity index is 724. The molecule has 8 atom stereocenters. The van der Waals surface area contributed by atoms with Crippen LogP contribution in [-0.2, 0) is 14.3 Å². The lowest BCUT2D eigenvalue weighted by atomic mass is 9.43. The predicted octanol–water partition coefficient (Wildman–Crippen LogP) is 6.36. The number of ketones is 1. The number of Topliss-reactive ketones (excluding diaryl/α,β-unsaturated/α-hetero) is 1. The van der Waals surface area contributed by atoms with Crippen molar-refractivity contribution < 1.29 is 14.3 Å². The predicted molar refractivity (Wildman–Crippen MR) is 120 cm³/mol. The molecule has 0 aromatic heterocycles. The Morgan fingerprint density at radius 3 is 2.53 bits per heavy atom. The van der Waals surface area contributed by atoms with Crippen molar-refractivity contribution in [3.05, 3.63) is 11.6 Å². The van der Waals surface area contributed by atoms with Crippen LogP contribution in [0.25, 0.3) is 0 Å². The van der Waals surface area contributed by atoms with Crippen LogP contribution in [0.2, 0.25) is 0 Å². The molecule has 4 fully saturated rings. The Morgan fingerprint density at radius 2 is 1.83 bits per heavy atom. The van der Waals surface area contributed by atoms with Crippen LogP contribution in [0.4, 0.5) is 0 Å². The summed E-state index contributed by atoms with van der Waals surface area (Å²) in [6, 6.07) is 0. The number of hydrogen-bond donors (Lipinski definition) is 0. The standard InChI is InChI=1S/C27H42O3/c1-6-18-20-9-7-8-15-26(20,3)22-14-16-27(4)19(17(2)10-13-23(28)30-5)11-12-21(27)24(22)25(18)29/h6,17,19-22,24H,7-16H2,1-5H3/b18-6-/t17-,19?,20+,21?,22?,24+,26+,27-/m1/s1. The van der Waals surface area contributed by atoms with Crippen molar-refractivity contribution in [2.24, 2.45) is 46.3 Å². The fourth-order valence-corrected chi connectivity index (χ4v) is 8.89. The van der Waals surface area contributed by atoms with Gasteiger partial charge >= 0.3 is 5.97 Å². The Hall–Kier alpha value is -1.12. The normalized spacial score (nSPS) is 45.4. The first-order chi connectivity index (χ1) is 14.3. The van der Waals surface area contributed by atoms with Crippen LogP contribution in [0.3, 0.4) is 0 Å². The molecule has 3 unspecified atom stereocenters. The summed E-state index contributed by atoms with van der Waals surface area (Å²) in [5, 5.41) is 0. The molecule has 30 heavy (non-hydrogen) atoms. The van der Waals surface area contributed by atoms with Crippen molar-refractivity contribution in [2.45, 2.75) is 91.9 Å². The number of hydrogen-bond acceptors (Lipinski definition) is 3. The van der Waals surface area contributed by atoms with Gasteiger partial charge in [0.05, 0.1) is 7.11 Å². The van der Waals surface area contributed by atoms with E-state index < -0.39 is 0 Å². The van der Waals surface area contributed by atoms with E-state index in [1.165, 1.54) is 64.0 Å². The second kappa shape index (κ2) is 8.10. The zero-order valence-electron chi connectivity index (χ0n) is 19.8. The number of carbonyl (C=O) groups is 2. The number of carbonyl (C=O) groups excluding carboxylic acids is 2. The average Bonchev–Trinajstić information content (AvgIpc) is 3.09. The van der Waals surface area contributed by atoms with Crippen molar-refractivity contribution in [1.82, 2.24) is 0 Å². The zero-order valence-corrected chi connectivity index (χ0v) is 19.8. The number of esters is 1. The third-order valence-corrected chi connectivity index (χ3v) is 10.4. The van der Waals surface area contributed by atoms with E-state index in [2.05, 4.69) is 33.8 Å². The molecule has 0 heterocycles. The van der Waals surface area contributed by atoms with Crippen molar-refractivity contribution in [3.63, 3.8) is 0 Å². The van der Waals surface area contributed by atoms with Gasteiger partial charge in [0.15, 0.2) is 5.78 Å². The zero-order chi connectivity index (χ0) is 21.7. The number of methoxy groups -OCH3 is 1. The van der Waals surface area contributed by atoms with Gasteiger partial charge in [-0.05, 0) is 97.9 Å². The van der Waals surface area contributed by atoms with Gasteiger partial charge < -0.3 is 4.74 Å². The molecule has 4 saturated carbocycles. The molecule has 4 aliphatic rings. The summed E-state index contributed by atoms with van der Waals surface area (Å²) in [7, 11) is 1.48. The van der Waals surface area contributed by atoms with E-state index in [9.17, 15) is 9.59 Å². The maximum absolute atomic E-state index is 13.9. The number of ether oxygens (including phenoxy) is 1. The Morgan fingerprint density at radius 1 is 1.10 bits per heavy atom. The first-order valence-corrected chi connectivity index (χ1v) is 12.5. The smallest absolute Gasteiger partial charge is 0.305 e. The first-order valence-electron chi connectivity index (χ1n) is 12.5. The van der Waals surface area contributed by atoms with Crippen LogP contribution in [0, 0.1) is 46.3 Å². The molecule has 3 heteroatoms. The SMILES string of the molecule is C/C=C1\C(=O)[C@H]2C3CCC([C@H](C)CCC(=O)OC)[C@@]3(C)CCC2[C@@]2(C)CCCC[C@@H]12. The largest absolute Gasteiger partial charge is 0.469 e. The number of allylic oxidation sites excluding steroid dienone is 2. The van der Waals surface area contributed by atoms with Crippen LogP contribution >= 0.6 is 0 Å². The van der Waals surface area contributed by atoms with Crippen LogP contribution in [0.5, 0.6) is 0 Å². The van der Waals surface area contributed by atoms with E-state index in [1.54, 1.807) is 0 Å². The second-order valence-corrected chi connectivity index (χ2v) is 11.5. The summed E-state index contributed by atoms with van der Waals surface area (Å²) >= 11 is 0. The molecular formula is C27H42O3. The molecular weight excluding hydrogens is 372 g/mol. The van der Waals surface area contributed by atoms with E-state index in [0.29, 0.717) is 47.2 Å². The van der Waals surface area contributed by atoms with Gasteiger partial charge in [0.25, 0.3) is 0 Å². The highest BCUT2D eigenvalue weighted by Gasteiger charge is 2.63. The third kappa shape index (κ3) is 3.21. The van der Waals surface area contributed by atoms with Gasteiger partial charge in [0.2, 0.25) is 0 Å². The molecule has 0 N–H and O–H groups in total. The molecule has 0 radical (unpaired) electrons. The van der Waals surface area contributed by atoms with E-state index in [4.69, 9.17) is 4.74 Å².